The number of nitrogens with zero attached hydrogens (tertiary/aromatic N) is 2. The van der Waals surface area contributed by atoms with Gasteiger partial charge in [-0.3, -0.25) is 9.88 Å². The second kappa shape index (κ2) is 7.06. The molecule has 2 N–H and O–H groups in total. The Labute approximate surface area is 111 Å². The number of methoxy groups -OCH3 is 1. The number of hydrogen-bond donors (Lipinski definition) is 1. The zero-order valence-electron chi connectivity index (χ0n) is 10.6. The Kier molecular flexibility index (Phi) is 6.05. The molecule has 4 nitrogen and oxygen atoms in total. The zero-order valence-corrected chi connectivity index (χ0v) is 12.1. The summed E-state index contributed by atoms with van der Waals surface area (Å²) < 4.78 is 6.15. The van der Waals surface area contributed by atoms with Crippen LogP contribution in [0.1, 0.15) is 18.5 Å². The SMILES string of the molecule is COCC(C)N(C)C(CN)c1cncc(Br)c1. The molecule has 1 aromatic heterocycles. The largest absolute Gasteiger partial charge is 0.383 e. The van der Waals surface area contributed by atoms with E-state index in [0.29, 0.717) is 19.2 Å². The van der Waals surface area contributed by atoms with E-state index >= 15 is 0 Å². The standard InChI is InChI=1S/C12H20BrN3O/c1-9(8-17-3)16(2)12(5-14)10-4-11(13)7-15-6-10/h4,6-7,9,12H,5,8,14H2,1-3H3. The highest BCUT2D eigenvalue weighted by molar-refractivity contribution is 9.10. The first-order chi connectivity index (χ1) is 8.10. The van der Waals surface area contributed by atoms with Crippen molar-refractivity contribution in [3.05, 3.63) is 28.5 Å². The Hall–Kier alpha value is -0.490. The summed E-state index contributed by atoms with van der Waals surface area (Å²) in [5, 5.41) is 0. The first-order valence-electron chi connectivity index (χ1n) is 5.61. The van der Waals surface area contributed by atoms with Crippen molar-refractivity contribution in [2.75, 3.05) is 27.3 Å². The number of pyridine rings is 1. The fourth-order valence-electron chi connectivity index (χ4n) is 1.81. The molecule has 0 saturated carbocycles. The lowest BCUT2D eigenvalue weighted by Crippen LogP contribution is -2.39. The lowest BCUT2D eigenvalue weighted by atomic mass is 10.1. The molecule has 0 amide bonds. The molecule has 0 aromatic carbocycles. The zero-order chi connectivity index (χ0) is 12.8. The van der Waals surface area contributed by atoms with Gasteiger partial charge in [0.05, 0.1) is 6.61 Å². The van der Waals surface area contributed by atoms with E-state index in [2.05, 4.69) is 45.9 Å². The topological polar surface area (TPSA) is 51.4 Å². The second-order valence-corrected chi connectivity index (χ2v) is 5.07. The van der Waals surface area contributed by atoms with Crippen LogP contribution in [-0.4, -0.2) is 43.2 Å². The minimum atomic E-state index is 0.158. The molecule has 0 aliphatic carbocycles. The van der Waals surface area contributed by atoms with Crippen LogP contribution in [0.5, 0.6) is 0 Å². The molecule has 1 aromatic rings. The third-order valence-corrected chi connectivity index (χ3v) is 3.36. The van der Waals surface area contributed by atoms with Crippen molar-refractivity contribution in [3.63, 3.8) is 0 Å². The Morgan fingerprint density at radius 1 is 1.53 bits per heavy atom. The average Bonchev–Trinajstić information content (AvgIpc) is 2.30. The molecule has 5 heteroatoms. The van der Waals surface area contributed by atoms with Crippen LogP contribution in [-0.2, 0) is 4.74 Å². The highest BCUT2D eigenvalue weighted by Crippen LogP contribution is 2.22. The third kappa shape index (κ3) is 4.03. The van der Waals surface area contributed by atoms with Crippen molar-refractivity contribution in [2.45, 2.75) is 19.0 Å². The molecular weight excluding hydrogens is 282 g/mol. The number of hydrogen-bond acceptors (Lipinski definition) is 4. The minimum absolute atomic E-state index is 0.158. The highest BCUT2D eigenvalue weighted by Gasteiger charge is 2.20. The summed E-state index contributed by atoms with van der Waals surface area (Å²) >= 11 is 3.43. The predicted molar refractivity (Wildman–Crippen MR) is 72.8 cm³/mol. The predicted octanol–water partition coefficient (Wildman–Crippen LogP) is 1.81. The van der Waals surface area contributed by atoms with E-state index in [1.165, 1.54) is 0 Å². The van der Waals surface area contributed by atoms with Crippen LogP contribution >= 0.6 is 15.9 Å². The van der Waals surface area contributed by atoms with E-state index in [1.54, 1.807) is 13.3 Å². The van der Waals surface area contributed by atoms with Crippen LogP contribution in [0.25, 0.3) is 0 Å². The van der Waals surface area contributed by atoms with Crippen molar-refractivity contribution in [1.29, 1.82) is 0 Å². The van der Waals surface area contributed by atoms with E-state index in [1.807, 2.05) is 6.20 Å². The molecule has 0 aliphatic rings. The van der Waals surface area contributed by atoms with E-state index in [9.17, 15) is 0 Å². The number of likely N-dealkylation sites (N-methyl/N-ethyl adjacent to an activating group) is 1. The Morgan fingerprint density at radius 2 is 2.24 bits per heavy atom. The van der Waals surface area contributed by atoms with E-state index in [4.69, 9.17) is 10.5 Å². The van der Waals surface area contributed by atoms with Crippen LogP contribution < -0.4 is 5.73 Å². The number of nitrogens with two attached hydrogens (primary N) is 1. The summed E-state index contributed by atoms with van der Waals surface area (Å²) in [5.41, 5.74) is 6.98. The van der Waals surface area contributed by atoms with Crippen molar-refractivity contribution in [2.24, 2.45) is 5.73 Å². The molecule has 0 spiro atoms. The summed E-state index contributed by atoms with van der Waals surface area (Å²) in [7, 11) is 3.77. The first-order valence-corrected chi connectivity index (χ1v) is 6.40. The van der Waals surface area contributed by atoms with Gasteiger partial charge in [-0.25, -0.2) is 0 Å². The monoisotopic (exact) mass is 301 g/mol. The molecule has 2 atom stereocenters. The Balaban J connectivity index is 2.83. The number of halogens is 1. The van der Waals surface area contributed by atoms with Crippen molar-refractivity contribution in [1.82, 2.24) is 9.88 Å². The van der Waals surface area contributed by atoms with Gasteiger partial charge in [-0.1, -0.05) is 0 Å². The molecule has 0 saturated heterocycles. The van der Waals surface area contributed by atoms with Gasteiger partial charge in [0.25, 0.3) is 0 Å². The molecule has 0 bridgehead atoms. The van der Waals surface area contributed by atoms with Gasteiger partial charge in [0, 0.05) is 42.6 Å². The van der Waals surface area contributed by atoms with Gasteiger partial charge >= 0.3 is 0 Å². The Bertz CT molecular complexity index is 348. The maximum Gasteiger partial charge on any atom is 0.0615 e. The summed E-state index contributed by atoms with van der Waals surface area (Å²) in [6.45, 7) is 3.37. The third-order valence-electron chi connectivity index (χ3n) is 2.93. The molecule has 96 valence electrons. The Morgan fingerprint density at radius 3 is 2.76 bits per heavy atom. The normalized spacial score (nSPS) is 14.9. The highest BCUT2D eigenvalue weighted by atomic mass is 79.9. The molecule has 0 radical (unpaired) electrons. The summed E-state index contributed by atoms with van der Waals surface area (Å²) in [6, 6.07) is 2.53. The number of aromatic nitrogens is 1. The van der Waals surface area contributed by atoms with Gasteiger partial charge in [-0.05, 0) is 41.5 Å². The van der Waals surface area contributed by atoms with Gasteiger partial charge < -0.3 is 10.5 Å². The average molecular weight is 302 g/mol. The first kappa shape index (κ1) is 14.6. The maximum absolute atomic E-state index is 5.86. The molecular formula is C12H20BrN3O. The van der Waals surface area contributed by atoms with Crippen molar-refractivity contribution in [3.8, 4) is 0 Å². The van der Waals surface area contributed by atoms with E-state index in [-0.39, 0.29) is 6.04 Å². The van der Waals surface area contributed by atoms with Crippen LogP contribution in [0.4, 0.5) is 0 Å². The van der Waals surface area contributed by atoms with Crippen LogP contribution in [0.15, 0.2) is 22.9 Å². The molecule has 1 heterocycles. The van der Waals surface area contributed by atoms with Crippen LogP contribution in [0.3, 0.4) is 0 Å². The van der Waals surface area contributed by atoms with Gasteiger partial charge in [0.1, 0.15) is 0 Å². The van der Waals surface area contributed by atoms with Gasteiger partial charge in [-0.15, -0.1) is 0 Å². The van der Waals surface area contributed by atoms with Crippen molar-refractivity contribution >= 4 is 15.9 Å². The minimum Gasteiger partial charge on any atom is -0.383 e. The summed E-state index contributed by atoms with van der Waals surface area (Å²) in [4.78, 5) is 6.40. The quantitative estimate of drug-likeness (QED) is 0.871. The van der Waals surface area contributed by atoms with Crippen molar-refractivity contribution < 1.29 is 4.74 Å². The lowest BCUT2D eigenvalue weighted by Gasteiger charge is -2.32. The fourth-order valence-corrected chi connectivity index (χ4v) is 2.20. The number of rotatable bonds is 6. The molecule has 0 aliphatic heterocycles. The molecule has 17 heavy (non-hydrogen) atoms. The van der Waals surface area contributed by atoms with Gasteiger partial charge in [0.2, 0.25) is 0 Å². The second-order valence-electron chi connectivity index (χ2n) is 4.16. The van der Waals surface area contributed by atoms with E-state index in [0.717, 1.165) is 10.0 Å². The van der Waals surface area contributed by atoms with Crippen LogP contribution in [0, 0.1) is 0 Å². The summed E-state index contributed by atoms with van der Waals surface area (Å²) in [5.74, 6) is 0. The maximum atomic E-state index is 5.86. The van der Waals surface area contributed by atoms with Crippen LogP contribution in [0.2, 0.25) is 0 Å². The van der Waals surface area contributed by atoms with Gasteiger partial charge in [-0.2, -0.15) is 0 Å². The van der Waals surface area contributed by atoms with E-state index < -0.39 is 0 Å². The lowest BCUT2D eigenvalue weighted by molar-refractivity contribution is 0.0909. The molecule has 1 rings (SSSR count). The molecule has 2 unspecified atom stereocenters. The number of ether oxygens (including phenoxy) is 1. The van der Waals surface area contributed by atoms with Gasteiger partial charge in [0.15, 0.2) is 0 Å². The molecule has 0 fully saturated rings. The summed E-state index contributed by atoms with van der Waals surface area (Å²) in [6.07, 6.45) is 3.63. The smallest absolute Gasteiger partial charge is 0.0615 e. The fraction of sp³-hybridized carbons (Fsp3) is 0.583.